The first kappa shape index (κ1) is 28.1. The van der Waals surface area contributed by atoms with Gasteiger partial charge in [0.25, 0.3) is 5.91 Å². The van der Waals surface area contributed by atoms with Gasteiger partial charge in [-0.15, -0.1) is 0 Å². The van der Waals surface area contributed by atoms with Crippen LogP contribution < -0.4 is 10.2 Å². The maximum Gasteiger partial charge on any atom is 0.338 e. The highest BCUT2D eigenvalue weighted by molar-refractivity contribution is 5.97. The van der Waals surface area contributed by atoms with E-state index in [0.717, 1.165) is 59.7 Å². The van der Waals surface area contributed by atoms with Crippen LogP contribution in [0.3, 0.4) is 0 Å². The van der Waals surface area contributed by atoms with E-state index < -0.39 is 0 Å². The highest BCUT2D eigenvalue weighted by Gasteiger charge is 2.19. The number of nitrogens with zero attached hydrogens (tertiary/aromatic N) is 2. The van der Waals surface area contributed by atoms with E-state index in [4.69, 9.17) is 4.74 Å². The third-order valence-electron chi connectivity index (χ3n) is 7.71. The Bertz CT molecular complexity index is 1510. The highest BCUT2D eigenvalue weighted by Crippen LogP contribution is 2.26. The number of carbonyl (C=O) groups excluding carboxylic acids is 2. The number of ether oxygens (including phenoxy) is 1. The monoisotopic (exact) mass is 547 g/mol. The van der Waals surface area contributed by atoms with Gasteiger partial charge in [0.15, 0.2) is 0 Å². The van der Waals surface area contributed by atoms with Crippen molar-refractivity contribution in [1.82, 2.24) is 10.2 Å². The van der Waals surface area contributed by atoms with Crippen LogP contribution in [0, 0.1) is 6.92 Å². The number of hydrogen-bond donors (Lipinski definition) is 1. The van der Waals surface area contributed by atoms with Gasteiger partial charge in [-0.3, -0.25) is 4.79 Å². The first-order valence-corrected chi connectivity index (χ1v) is 14.1. The first-order chi connectivity index (χ1) is 19.9. The van der Waals surface area contributed by atoms with Crippen LogP contribution in [0.4, 0.5) is 5.69 Å². The molecule has 6 nitrogen and oxygen atoms in total. The molecule has 1 atom stereocenters. The molecule has 0 aromatic heterocycles. The Morgan fingerprint density at radius 3 is 2.29 bits per heavy atom. The average Bonchev–Trinajstić information content (AvgIpc) is 3.01. The van der Waals surface area contributed by atoms with Gasteiger partial charge < -0.3 is 19.9 Å². The maximum absolute atomic E-state index is 13.4. The number of nitrogens with one attached hydrogen (secondary N) is 1. The molecular weight excluding hydrogens is 510 g/mol. The summed E-state index contributed by atoms with van der Waals surface area (Å²) in [6, 6.07) is 31.1. The quantitative estimate of drug-likeness (QED) is 0.264. The zero-order valence-electron chi connectivity index (χ0n) is 24.0. The van der Waals surface area contributed by atoms with E-state index in [2.05, 4.69) is 34.3 Å². The molecule has 1 saturated heterocycles. The molecule has 1 aliphatic heterocycles. The molecule has 1 heterocycles. The lowest BCUT2D eigenvalue weighted by Crippen LogP contribution is -2.44. The smallest absolute Gasteiger partial charge is 0.338 e. The van der Waals surface area contributed by atoms with Crippen molar-refractivity contribution in [2.45, 2.75) is 26.5 Å². The van der Waals surface area contributed by atoms with Crippen molar-refractivity contribution >= 4 is 17.6 Å². The van der Waals surface area contributed by atoms with E-state index >= 15 is 0 Å². The summed E-state index contributed by atoms with van der Waals surface area (Å²) in [5.41, 5.74) is 7.06. The Labute approximate surface area is 242 Å². The minimum Gasteiger partial charge on any atom is -0.457 e. The molecule has 0 aliphatic carbocycles. The number of carbonyl (C=O) groups is 2. The predicted octanol–water partition coefficient (Wildman–Crippen LogP) is 6.26. The van der Waals surface area contributed by atoms with Crippen molar-refractivity contribution in [3.05, 3.63) is 125 Å². The summed E-state index contributed by atoms with van der Waals surface area (Å²) in [4.78, 5) is 30.8. The SMILES string of the molecule is Cc1ccc(N2CCN(C)CC2)cc1C(=O)N[C@H](C)c1cccc(-c2cccc(C(=O)OCc3ccccc3)c2)c1. The summed E-state index contributed by atoms with van der Waals surface area (Å²) in [5, 5.41) is 3.19. The Morgan fingerprint density at radius 2 is 1.54 bits per heavy atom. The number of esters is 1. The van der Waals surface area contributed by atoms with Crippen LogP contribution in [0.2, 0.25) is 0 Å². The molecule has 4 aromatic rings. The Kier molecular flexibility index (Phi) is 8.80. The van der Waals surface area contributed by atoms with Gasteiger partial charge in [-0.25, -0.2) is 4.79 Å². The summed E-state index contributed by atoms with van der Waals surface area (Å²) in [5.74, 6) is -0.443. The number of piperazine rings is 1. The van der Waals surface area contributed by atoms with Gasteiger partial charge in [-0.1, -0.05) is 66.7 Å². The second-order valence-electron chi connectivity index (χ2n) is 10.8. The average molecular weight is 548 g/mol. The minimum absolute atomic E-state index is 0.0838. The number of likely N-dealkylation sites (N-methyl/N-ethyl adjacent to an activating group) is 1. The molecule has 210 valence electrons. The maximum atomic E-state index is 13.4. The number of aryl methyl sites for hydroxylation is 1. The summed E-state index contributed by atoms with van der Waals surface area (Å²) < 4.78 is 5.52. The second-order valence-corrected chi connectivity index (χ2v) is 10.8. The predicted molar refractivity (Wildman–Crippen MR) is 164 cm³/mol. The Morgan fingerprint density at radius 1 is 0.829 bits per heavy atom. The molecule has 41 heavy (non-hydrogen) atoms. The molecule has 1 N–H and O–H groups in total. The fourth-order valence-corrected chi connectivity index (χ4v) is 5.09. The zero-order valence-corrected chi connectivity index (χ0v) is 24.0. The number of hydrogen-bond acceptors (Lipinski definition) is 5. The van der Waals surface area contributed by atoms with Gasteiger partial charge in [-0.05, 0) is 79.0 Å². The Hall–Kier alpha value is -4.42. The van der Waals surface area contributed by atoms with E-state index in [0.29, 0.717) is 11.1 Å². The number of amides is 1. The van der Waals surface area contributed by atoms with Gasteiger partial charge >= 0.3 is 5.97 Å². The molecule has 0 radical (unpaired) electrons. The van der Waals surface area contributed by atoms with Crippen molar-refractivity contribution in [3.8, 4) is 11.1 Å². The van der Waals surface area contributed by atoms with Gasteiger partial charge in [0, 0.05) is 37.4 Å². The summed E-state index contributed by atoms with van der Waals surface area (Å²) in [6.07, 6.45) is 0. The molecule has 0 bridgehead atoms. The van der Waals surface area contributed by atoms with Crippen LogP contribution in [0.5, 0.6) is 0 Å². The molecule has 4 aromatic carbocycles. The summed E-state index contributed by atoms with van der Waals surface area (Å²) >= 11 is 0. The van der Waals surface area contributed by atoms with Crippen molar-refractivity contribution in [2.75, 3.05) is 38.1 Å². The van der Waals surface area contributed by atoms with Crippen LogP contribution in [0.1, 0.15) is 50.4 Å². The van der Waals surface area contributed by atoms with Crippen LogP contribution in [0.15, 0.2) is 97.1 Å². The van der Waals surface area contributed by atoms with Gasteiger partial charge in [0.05, 0.1) is 11.6 Å². The van der Waals surface area contributed by atoms with E-state index in [1.807, 2.05) is 92.7 Å². The highest BCUT2D eigenvalue weighted by atomic mass is 16.5. The van der Waals surface area contributed by atoms with Crippen LogP contribution in [-0.4, -0.2) is 50.0 Å². The standard InChI is InChI=1S/C35H37N3O3/c1-25-15-16-32(38-19-17-37(3)18-20-38)23-33(25)34(39)36-26(2)28-11-7-12-29(21-28)30-13-8-14-31(22-30)35(40)41-24-27-9-5-4-6-10-27/h4-16,21-23,26H,17-20,24H2,1-3H3,(H,36,39)/t26-/m1/s1. The lowest BCUT2D eigenvalue weighted by Gasteiger charge is -2.34. The molecule has 1 fully saturated rings. The number of rotatable bonds is 8. The third kappa shape index (κ3) is 7.02. The van der Waals surface area contributed by atoms with Crippen LogP contribution >= 0.6 is 0 Å². The fourth-order valence-electron chi connectivity index (χ4n) is 5.09. The molecule has 1 amide bonds. The topological polar surface area (TPSA) is 61.9 Å². The lowest BCUT2D eigenvalue weighted by atomic mass is 9.98. The molecule has 0 spiro atoms. The molecule has 0 unspecified atom stereocenters. The Balaban J connectivity index is 1.27. The zero-order chi connectivity index (χ0) is 28.8. The molecule has 6 heteroatoms. The number of benzene rings is 4. The van der Waals surface area contributed by atoms with Gasteiger partial charge in [0.2, 0.25) is 0 Å². The van der Waals surface area contributed by atoms with Crippen LogP contribution in [-0.2, 0) is 11.3 Å². The van der Waals surface area contributed by atoms with Gasteiger partial charge in [0.1, 0.15) is 6.61 Å². The molecule has 5 rings (SSSR count). The minimum atomic E-state index is -0.360. The first-order valence-electron chi connectivity index (χ1n) is 14.1. The van der Waals surface area contributed by atoms with E-state index in [1.165, 1.54) is 0 Å². The molecular formula is C35H37N3O3. The van der Waals surface area contributed by atoms with Crippen LogP contribution in [0.25, 0.3) is 11.1 Å². The number of anilines is 1. The van der Waals surface area contributed by atoms with Crippen molar-refractivity contribution < 1.29 is 14.3 Å². The molecule has 1 aliphatic rings. The summed E-state index contributed by atoms with van der Waals surface area (Å²) in [6.45, 7) is 8.14. The summed E-state index contributed by atoms with van der Waals surface area (Å²) in [7, 11) is 2.14. The van der Waals surface area contributed by atoms with E-state index in [-0.39, 0.29) is 24.5 Å². The van der Waals surface area contributed by atoms with Crippen molar-refractivity contribution in [3.63, 3.8) is 0 Å². The largest absolute Gasteiger partial charge is 0.457 e. The van der Waals surface area contributed by atoms with Crippen molar-refractivity contribution in [1.29, 1.82) is 0 Å². The van der Waals surface area contributed by atoms with E-state index in [1.54, 1.807) is 6.07 Å². The normalized spacial score (nSPS) is 14.4. The lowest BCUT2D eigenvalue weighted by molar-refractivity contribution is 0.0472. The fraction of sp³-hybridized carbons (Fsp3) is 0.257. The van der Waals surface area contributed by atoms with Gasteiger partial charge in [-0.2, -0.15) is 0 Å². The molecule has 0 saturated carbocycles. The van der Waals surface area contributed by atoms with E-state index in [9.17, 15) is 9.59 Å². The third-order valence-corrected chi connectivity index (χ3v) is 7.71. The second kappa shape index (κ2) is 12.8. The van der Waals surface area contributed by atoms with Crippen molar-refractivity contribution in [2.24, 2.45) is 0 Å².